The molecule has 0 unspecified atom stereocenters. The van der Waals surface area contributed by atoms with Gasteiger partial charge in [0.15, 0.2) is 15.6 Å². The zero-order valence-electron chi connectivity index (χ0n) is 9.37. The van der Waals surface area contributed by atoms with Crippen LogP contribution in [0.15, 0.2) is 6.07 Å². The first-order valence-corrected chi connectivity index (χ1v) is 8.29. The number of rotatable bonds is 5. The largest absolute Gasteiger partial charge is 0.293 e. The lowest BCUT2D eigenvalue weighted by Crippen LogP contribution is -2.21. The van der Waals surface area contributed by atoms with Gasteiger partial charge in [-0.2, -0.15) is 0 Å². The number of halogens is 2. The molecule has 0 atom stereocenters. The molecule has 96 valence electrons. The van der Waals surface area contributed by atoms with Crippen molar-refractivity contribution in [3.8, 4) is 0 Å². The summed E-state index contributed by atoms with van der Waals surface area (Å²) in [7, 11) is -3.38. The SMILES string of the molecule is CC(C)CS(=O)(=O)CC(=O)c1cc(Cl)sc1Cl. The molecule has 0 aliphatic rings. The van der Waals surface area contributed by atoms with Gasteiger partial charge in [-0.3, -0.25) is 4.79 Å². The van der Waals surface area contributed by atoms with Crippen LogP contribution in [0.3, 0.4) is 0 Å². The van der Waals surface area contributed by atoms with Gasteiger partial charge in [0, 0.05) is 5.56 Å². The summed E-state index contributed by atoms with van der Waals surface area (Å²) in [5.74, 6) is -1.03. The summed E-state index contributed by atoms with van der Waals surface area (Å²) in [4.78, 5) is 11.8. The second-order valence-corrected chi connectivity index (χ2v) is 8.50. The van der Waals surface area contributed by atoms with Crippen LogP contribution in [0.1, 0.15) is 24.2 Å². The van der Waals surface area contributed by atoms with Gasteiger partial charge in [-0.15, -0.1) is 11.3 Å². The number of Topliss-reactive ketones (excluding diaryl/α,β-unsaturated/α-hetero) is 1. The molecule has 1 heterocycles. The number of carbonyl (C=O) groups excluding carboxylic acids is 1. The van der Waals surface area contributed by atoms with E-state index in [4.69, 9.17) is 23.2 Å². The highest BCUT2D eigenvalue weighted by Crippen LogP contribution is 2.31. The Morgan fingerprint density at radius 2 is 2.00 bits per heavy atom. The van der Waals surface area contributed by atoms with Crippen molar-refractivity contribution < 1.29 is 13.2 Å². The summed E-state index contributed by atoms with van der Waals surface area (Å²) in [5.41, 5.74) is 0.189. The van der Waals surface area contributed by atoms with E-state index in [9.17, 15) is 13.2 Å². The molecule has 7 heteroatoms. The molecular formula is C10H12Cl2O3S2. The molecule has 1 aromatic rings. The Labute approximate surface area is 115 Å². The van der Waals surface area contributed by atoms with Gasteiger partial charge in [0.25, 0.3) is 0 Å². The Balaban J connectivity index is 2.83. The summed E-state index contributed by atoms with van der Waals surface area (Å²) >= 11 is 12.5. The minimum Gasteiger partial charge on any atom is -0.293 e. The smallest absolute Gasteiger partial charge is 0.180 e. The number of thiophene rings is 1. The first kappa shape index (κ1) is 15.0. The predicted octanol–water partition coefficient (Wildman–Crippen LogP) is 3.31. The number of carbonyl (C=O) groups is 1. The van der Waals surface area contributed by atoms with Crippen molar-refractivity contribution in [2.45, 2.75) is 13.8 Å². The van der Waals surface area contributed by atoms with Crippen molar-refractivity contribution in [2.75, 3.05) is 11.5 Å². The monoisotopic (exact) mass is 314 g/mol. The molecule has 0 fully saturated rings. The van der Waals surface area contributed by atoms with E-state index < -0.39 is 21.4 Å². The second kappa shape index (κ2) is 5.69. The molecule has 17 heavy (non-hydrogen) atoms. The van der Waals surface area contributed by atoms with Crippen LogP contribution in [-0.4, -0.2) is 25.7 Å². The van der Waals surface area contributed by atoms with E-state index in [1.165, 1.54) is 6.07 Å². The maximum Gasteiger partial charge on any atom is 0.180 e. The molecule has 0 aromatic carbocycles. The number of sulfone groups is 1. The van der Waals surface area contributed by atoms with Gasteiger partial charge in [0.05, 0.1) is 10.1 Å². The maximum atomic E-state index is 11.8. The van der Waals surface area contributed by atoms with Gasteiger partial charge < -0.3 is 0 Å². The molecular weight excluding hydrogens is 303 g/mol. The fraction of sp³-hybridized carbons (Fsp3) is 0.500. The highest BCUT2D eigenvalue weighted by Gasteiger charge is 2.22. The molecule has 1 rings (SSSR count). The Bertz CT molecular complexity index is 518. The van der Waals surface area contributed by atoms with Crippen molar-refractivity contribution >= 4 is 50.2 Å². The molecule has 0 N–H and O–H groups in total. The molecule has 0 aliphatic heterocycles. The van der Waals surface area contributed by atoms with Gasteiger partial charge in [0.1, 0.15) is 10.1 Å². The minimum atomic E-state index is -3.38. The third-order valence-corrected chi connectivity index (χ3v) is 5.26. The van der Waals surface area contributed by atoms with Crippen molar-refractivity contribution in [3.05, 3.63) is 20.3 Å². The molecule has 0 saturated heterocycles. The lowest BCUT2D eigenvalue weighted by Gasteiger charge is -2.05. The number of ketones is 1. The number of hydrogen-bond acceptors (Lipinski definition) is 4. The molecule has 3 nitrogen and oxygen atoms in total. The van der Waals surface area contributed by atoms with E-state index in [1.54, 1.807) is 13.8 Å². The molecule has 0 amide bonds. The van der Waals surface area contributed by atoms with E-state index in [-0.39, 0.29) is 21.6 Å². The second-order valence-electron chi connectivity index (χ2n) is 4.11. The quantitative estimate of drug-likeness (QED) is 0.783. The highest BCUT2D eigenvalue weighted by molar-refractivity contribution is 7.92. The normalized spacial score (nSPS) is 12.1. The predicted molar refractivity (Wildman–Crippen MR) is 72.2 cm³/mol. The Morgan fingerprint density at radius 1 is 1.41 bits per heavy atom. The van der Waals surface area contributed by atoms with Crippen molar-refractivity contribution in [3.63, 3.8) is 0 Å². The molecule has 0 spiro atoms. The van der Waals surface area contributed by atoms with E-state index in [0.29, 0.717) is 4.34 Å². The minimum absolute atomic E-state index is 0.00525. The zero-order valence-corrected chi connectivity index (χ0v) is 12.5. The van der Waals surface area contributed by atoms with Crippen molar-refractivity contribution in [1.82, 2.24) is 0 Å². The standard InChI is InChI=1S/C10H12Cl2O3S2/c1-6(2)4-17(14,15)5-8(13)7-3-9(11)16-10(7)12/h3,6H,4-5H2,1-2H3. The van der Waals surface area contributed by atoms with Gasteiger partial charge in [-0.05, 0) is 12.0 Å². The fourth-order valence-electron chi connectivity index (χ4n) is 1.37. The average molecular weight is 315 g/mol. The van der Waals surface area contributed by atoms with Crippen LogP contribution in [0.4, 0.5) is 0 Å². The first-order valence-electron chi connectivity index (χ1n) is 4.89. The molecule has 0 aliphatic carbocycles. The Hall–Kier alpha value is -0.100. The third kappa shape index (κ3) is 4.58. The van der Waals surface area contributed by atoms with E-state index in [0.717, 1.165) is 11.3 Å². The van der Waals surface area contributed by atoms with E-state index >= 15 is 0 Å². The van der Waals surface area contributed by atoms with Crippen LogP contribution < -0.4 is 0 Å². The molecule has 0 saturated carbocycles. The molecule has 0 radical (unpaired) electrons. The summed E-state index contributed by atoms with van der Waals surface area (Å²) < 4.78 is 23.9. The van der Waals surface area contributed by atoms with Crippen LogP contribution >= 0.6 is 34.5 Å². The summed E-state index contributed by atoms with van der Waals surface area (Å²) in [6, 6.07) is 1.40. The highest BCUT2D eigenvalue weighted by atomic mass is 35.5. The fourth-order valence-corrected chi connectivity index (χ4v) is 4.56. The average Bonchev–Trinajstić information content (AvgIpc) is 2.41. The maximum absolute atomic E-state index is 11.8. The van der Waals surface area contributed by atoms with Crippen molar-refractivity contribution in [1.29, 1.82) is 0 Å². The zero-order chi connectivity index (χ0) is 13.2. The van der Waals surface area contributed by atoms with Crippen molar-refractivity contribution in [2.24, 2.45) is 5.92 Å². The van der Waals surface area contributed by atoms with Gasteiger partial charge in [-0.25, -0.2) is 8.42 Å². The van der Waals surface area contributed by atoms with Crippen LogP contribution in [0.5, 0.6) is 0 Å². The molecule has 0 bridgehead atoms. The van der Waals surface area contributed by atoms with Crippen LogP contribution in [0.25, 0.3) is 0 Å². The number of hydrogen-bond donors (Lipinski definition) is 0. The summed E-state index contributed by atoms with van der Waals surface area (Å²) in [5, 5.41) is 0. The topological polar surface area (TPSA) is 51.2 Å². The Morgan fingerprint density at radius 3 is 2.41 bits per heavy atom. The Kier molecular flexibility index (Phi) is 5.01. The first-order chi connectivity index (χ1) is 7.71. The van der Waals surface area contributed by atoms with Gasteiger partial charge in [0.2, 0.25) is 0 Å². The molecule has 1 aromatic heterocycles. The van der Waals surface area contributed by atoms with Crippen LogP contribution in [0, 0.1) is 5.92 Å². The van der Waals surface area contributed by atoms with Gasteiger partial charge >= 0.3 is 0 Å². The van der Waals surface area contributed by atoms with Crippen LogP contribution in [0.2, 0.25) is 8.67 Å². The summed E-state index contributed by atoms with van der Waals surface area (Å²) in [6.07, 6.45) is 0. The van der Waals surface area contributed by atoms with Gasteiger partial charge in [-0.1, -0.05) is 37.0 Å². The van der Waals surface area contributed by atoms with E-state index in [1.807, 2.05) is 0 Å². The summed E-state index contributed by atoms with van der Waals surface area (Å²) in [6.45, 7) is 3.58. The third-order valence-electron chi connectivity index (χ3n) is 1.90. The lowest BCUT2D eigenvalue weighted by atomic mass is 10.2. The lowest BCUT2D eigenvalue weighted by molar-refractivity contribution is 0.102. The van der Waals surface area contributed by atoms with Crippen LogP contribution in [-0.2, 0) is 9.84 Å². The van der Waals surface area contributed by atoms with E-state index in [2.05, 4.69) is 0 Å².